The Morgan fingerprint density at radius 2 is 1.77 bits per heavy atom. The van der Waals surface area contributed by atoms with Crippen molar-refractivity contribution >= 4 is 23.4 Å². The molecule has 0 heterocycles. The minimum Gasteiger partial charge on any atom is -0.368 e. The maximum atomic E-state index is 12.1. The Bertz CT molecular complexity index is 237. The molecule has 0 aliphatic rings. The summed E-state index contributed by atoms with van der Waals surface area (Å²) >= 11 is 4.40. The smallest absolute Gasteiger partial charge is 0.368 e. The molecule has 0 aromatic carbocycles. The van der Waals surface area contributed by atoms with Crippen molar-refractivity contribution in [2.45, 2.75) is 24.8 Å². The molecule has 0 radical (unpaired) electrons. The van der Waals surface area contributed by atoms with Crippen molar-refractivity contribution in [1.82, 2.24) is 5.32 Å². The summed E-state index contributed by atoms with van der Waals surface area (Å²) in [5.41, 5.74) is 3.27. The van der Waals surface area contributed by atoms with Crippen molar-refractivity contribution in [2.24, 2.45) is 5.73 Å². The fourth-order valence-electron chi connectivity index (χ4n) is 0.416. The maximum absolute atomic E-state index is 12.1. The van der Waals surface area contributed by atoms with Gasteiger partial charge in [-0.15, -0.1) is 0 Å². The molecule has 7 heteroatoms. The topological polar surface area (TPSA) is 72.2 Å². The predicted octanol–water partition coefficient (Wildman–Crippen LogP) is 0.198. The van der Waals surface area contributed by atoms with Crippen LogP contribution in [0.2, 0.25) is 0 Å². The lowest BCUT2D eigenvalue weighted by atomic mass is 10.1. The van der Waals surface area contributed by atoms with Crippen LogP contribution in [-0.2, 0) is 9.59 Å². The number of halogens is 3. The average molecular weight is 215 g/mol. The number of nitrogens with one attached hydrogen (secondary N) is 1. The monoisotopic (exact) mass is 214 g/mol. The van der Waals surface area contributed by atoms with Crippen molar-refractivity contribution in [3.63, 3.8) is 0 Å². The fraction of sp³-hybridized carbons (Fsp3) is 0.667. The molecule has 0 saturated heterocycles. The Morgan fingerprint density at radius 1 is 1.38 bits per heavy atom. The highest BCUT2D eigenvalue weighted by Crippen LogP contribution is 2.19. The van der Waals surface area contributed by atoms with Crippen LogP contribution in [0.3, 0.4) is 0 Å². The number of primary amides is 1. The van der Waals surface area contributed by atoms with Crippen LogP contribution in [-0.4, -0.2) is 22.7 Å². The molecular formula is C6H9ClF2N2O2. The van der Waals surface area contributed by atoms with Crippen LogP contribution in [0.5, 0.6) is 0 Å². The van der Waals surface area contributed by atoms with Crippen molar-refractivity contribution in [1.29, 1.82) is 0 Å². The summed E-state index contributed by atoms with van der Waals surface area (Å²) in [5, 5.41) is -2.33. The largest absolute Gasteiger partial charge is 0.399 e. The highest BCUT2D eigenvalue weighted by Gasteiger charge is 2.40. The number of hydrogen-bond donors (Lipinski definition) is 2. The van der Waals surface area contributed by atoms with E-state index in [9.17, 15) is 18.4 Å². The van der Waals surface area contributed by atoms with Gasteiger partial charge < -0.3 is 11.1 Å². The molecule has 0 aromatic heterocycles. The van der Waals surface area contributed by atoms with E-state index in [0.29, 0.717) is 0 Å². The molecule has 0 aromatic rings. The van der Waals surface area contributed by atoms with E-state index in [1.807, 2.05) is 0 Å². The van der Waals surface area contributed by atoms with E-state index in [-0.39, 0.29) is 0 Å². The Balaban J connectivity index is 4.47. The Kier molecular flexibility index (Phi) is 3.21. The predicted molar refractivity (Wildman–Crippen MR) is 42.2 cm³/mol. The van der Waals surface area contributed by atoms with Gasteiger partial charge in [-0.1, -0.05) is 0 Å². The van der Waals surface area contributed by atoms with Crippen LogP contribution in [0.4, 0.5) is 8.78 Å². The van der Waals surface area contributed by atoms with E-state index >= 15 is 0 Å². The van der Waals surface area contributed by atoms with Gasteiger partial charge in [-0.3, -0.25) is 9.59 Å². The summed E-state index contributed by atoms with van der Waals surface area (Å²) in [7, 11) is 0. The lowest BCUT2D eigenvalue weighted by molar-refractivity contribution is -0.140. The fourth-order valence-corrected chi connectivity index (χ4v) is 0.464. The van der Waals surface area contributed by atoms with E-state index in [1.165, 1.54) is 13.8 Å². The van der Waals surface area contributed by atoms with Gasteiger partial charge in [0.15, 0.2) is 0 Å². The minimum absolute atomic E-state index is 0.929. The van der Waals surface area contributed by atoms with Gasteiger partial charge in [0, 0.05) is 0 Å². The van der Waals surface area contributed by atoms with Gasteiger partial charge in [0.1, 0.15) is 5.54 Å². The Labute approximate surface area is 78.4 Å². The number of hydrogen-bond acceptors (Lipinski definition) is 2. The van der Waals surface area contributed by atoms with Gasteiger partial charge in [-0.2, -0.15) is 8.78 Å². The molecule has 4 nitrogen and oxygen atoms in total. The van der Waals surface area contributed by atoms with Gasteiger partial charge in [0.2, 0.25) is 5.91 Å². The van der Waals surface area contributed by atoms with Crippen LogP contribution < -0.4 is 11.1 Å². The van der Waals surface area contributed by atoms with E-state index in [4.69, 9.17) is 5.73 Å². The molecule has 0 aliphatic heterocycles. The van der Waals surface area contributed by atoms with Gasteiger partial charge in [-0.05, 0) is 25.4 Å². The SMILES string of the molecule is CC(C)(NC(=O)C(F)(F)Cl)C(N)=O. The quantitative estimate of drug-likeness (QED) is 0.659. The summed E-state index contributed by atoms with van der Waals surface area (Å²) in [6.45, 7) is 2.38. The third-order valence-electron chi connectivity index (χ3n) is 1.30. The first-order valence-corrected chi connectivity index (χ1v) is 3.64. The highest BCUT2D eigenvalue weighted by molar-refractivity contribution is 6.32. The Morgan fingerprint density at radius 3 is 2.00 bits per heavy atom. The lowest BCUT2D eigenvalue weighted by Gasteiger charge is -2.23. The molecule has 0 saturated carbocycles. The van der Waals surface area contributed by atoms with Gasteiger partial charge in [0.05, 0.1) is 0 Å². The summed E-state index contributed by atoms with van der Waals surface area (Å²) in [4.78, 5) is 21.2. The van der Waals surface area contributed by atoms with Gasteiger partial charge in [0.25, 0.3) is 0 Å². The van der Waals surface area contributed by atoms with Crippen LogP contribution in [0.15, 0.2) is 0 Å². The van der Waals surface area contributed by atoms with E-state index in [0.717, 1.165) is 0 Å². The van der Waals surface area contributed by atoms with E-state index < -0.39 is 22.7 Å². The van der Waals surface area contributed by atoms with Crippen LogP contribution >= 0.6 is 11.6 Å². The molecule has 13 heavy (non-hydrogen) atoms. The van der Waals surface area contributed by atoms with Crippen molar-refractivity contribution in [3.8, 4) is 0 Å². The van der Waals surface area contributed by atoms with Crippen LogP contribution in [0.25, 0.3) is 0 Å². The zero-order chi connectivity index (χ0) is 10.9. The third-order valence-corrected chi connectivity index (χ3v) is 1.47. The molecule has 0 rings (SSSR count). The average Bonchev–Trinajstić information content (AvgIpc) is 1.83. The van der Waals surface area contributed by atoms with Crippen molar-refractivity contribution < 1.29 is 18.4 Å². The van der Waals surface area contributed by atoms with Gasteiger partial charge in [-0.25, -0.2) is 0 Å². The molecule has 0 fully saturated rings. The third kappa shape index (κ3) is 3.54. The first-order valence-electron chi connectivity index (χ1n) is 3.26. The maximum Gasteiger partial charge on any atom is 0.399 e. The first-order chi connectivity index (χ1) is 5.57. The molecule has 0 unspecified atom stereocenters. The molecule has 76 valence electrons. The molecule has 0 aliphatic carbocycles. The minimum atomic E-state index is -4.04. The number of nitrogens with two attached hydrogens (primary N) is 1. The highest BCUT2D eigenvalue weighted by atomic mass is 35.5. The number of carbonyl (C=O) groups is 2. The first kappa shape index (κ1) is 12.1. The molecule has 0 spiro atoms. The molecule has 0 atom stereocenters. The number of alkyl halides is 3. The molecule has 2 amide bonds. The number of rotatable bonds is 3. The van der Waals surface area contributed by atoms with E-state index in [2.05, 4.69) is 11.6 Å². The Hall–Kier alpha value is -0.910. The second-order valence-corrected chi connectivity index (χ2v) is 3.42. The second kappa shape index (κ2) is 3.45. The number of amides is 2. The summed E-state index contributed by atoms with van der Waals surface area (Å²) in [6, 6.07) is 0. The van der Waals surface area contributed by atoms with Crippen molar-refractivity contribution in [2.75, 3.05) is 0 Å². The molecular weight excluding hydrogens is 206 g/mol. The normalized spacial score (nSPS) is 12.4. The summed E-state index contributed by atoms with van der Waals surface area (Å²) < 4.78 is 24.2. The zero-order valence-corrected chi connectivity index (χ0v) is 7.78. The summed E-state index contributed by atoms with van der Waals surface area (Å²) in [6.07, 6.45) is 0. The lowest BCUT2D eigenvalue weighted by Crippen LogP contribution is -2.56. The molecule has 3 N–H and O–H groups in total. The number of carbonyl (C=O) groups excluding carboxylic acids is 2. The summed E-state index contributed by atoms with van der Waals surface area (Å²) in [5.74, 6) is -2.68. The van der Waals surface area contributed by atoms with E-state index in [1.54, 1.807) is 5.32 Å². The molecule has 0 bridgehead atoms. The van der Waals surface area contributed by atoms with Gasteiger partial charge >= 0.3 is 11.3 Å². The standard InChI is InChI=1S/C6H9ClF2N2O2/c1-5(2,3(10)12)11-4(13)6(7,8)9/h1-2H3,(H2,10,12)(H,11,13). The van der Waals surface area contributed by atoms with Crippen molar-refractivity contribution in [3.05, 3.63) is 0 Å². The second-order valence-electron chi connectivity index (χ2n) is 2.94. The zero-order valence-electron chi connectivity index (χ0n) is 7.03. The van der Waals surface area contributed by atoms with Crippen LogP contribution in [0.1, 0.15) is 13.8 Å². The van der Waals surface area contributed by atoms with Crippen LogP contribution in [0, 0.1) is 0 Å².